The van der Waals surface area contributed by atoms with Gasteiger partial charge in [0, 0.05) is 11.5 Å². The fourth-order valence-electron chi connectivity index (χ4n) is 5.01. The zero-order valence-corrected chi connectivity index (χ0v) is 20.7. The second kappa shape index (κ2) is 14.2. The number of hydrogen-bond donors (Lipinski definition) is 0. The minimum absolute atomic E-state index is 0.603. The minimum Gasteiger partial charge on any atom is -0.0945 e. The quantitative estimate of drug-likeness (QED) is 0.247. The molecule has 0 nitrogen and oxygen atoms in total. The van der Waals surface area contributed by atoms with Crippen molar-refractivity contribution in [2.45, 2.75) is 104 Å². The van der Waals surface area contributed by atoms with Gasteiger partial charge in [-0.2, -0.15) is 0 Å². The Bertz CT molecular complexity index is 807. The van der Waals surface area contributed by atoms with Crippen molar-refractivity contribution < 1.29 is 0 Å². The van der Waals surface area contributed by atoms with Crippen molar-refractivity contribution in [1.29, 1.82) is 0 Å². The van der Waals surface area contributed by atoms with Gasteiger partial charge in [-0.1, -0.05) is 113 Å². The zero-order valence-electron chi connectivity index (χ0n) is 20.7. The van der Waals surface area contributed by atoms with E-state index in [4.69, 9.17) is 0 Å². The Labute approximate surface area is 198 Å². The molecule has 0 N–H and O–H groups in total. The maximum Gasteiger partial charge on any atom is 0.0245 e. The van der Waals surface area contributed by atoms with E-state index in [1.165, 1.54) is 107 Å². The third-order valence-electron chi connectivity index (χ3n) is 7.22. The summed E-state index contributed by atoms with van der Waals surface area (Å²) in [5, 5.41) is 0. The Morgan fingerprint density at radius 1 is 0.656 bits per heavy atom. The van der Waals surface area contributed by atoms with Gasteiger partial charge >= 0.3 is 0 Å². The molecule has 1 fully saturated rings. The van der Waals surface area contributed by atoms with E-state index in [9.17, 15) is 0 Å². The highest BCUT2D eigenvalue weighted by molar-refractivity contribution is 5.64. The van der Waals surface area contributed by atoms with Crippen LogP contribution in [0, 0.1) is 23.7 Å². The lowest BCUT2D eigenvalue weighted by Gasteiger charge is -2.25. The number of rotatable bonds is 11. The average Bonchev–Trinajstić information content (AvgIpc) is 2.85. The minimum atomic E-state index is 0.603. The fraction of sp³-hybridized carbons (Fsp3) is 0.562. The summed E-state index contributed by atoms with van der Waals surface area (Å²) in [7, 11) is 0. The van der Waals surface area contributed by atoms with Gasteiger partial charge in [-0.25, -0.2) is 0 Å². The van der Waals surface area contributed by atoms with Crippen molar-refractivity contribution in [1.82, 2.24) is 0 Å². The van der Waals surface area contributed by atoms with Gasteiger partial charge in [0.05, 0.1) is 0 Å². The Kier molecular flexibility index (Phi) is 10.9. The highest BCUT2D eigenvalue weighted by Gasteiger charge is 2.19. The molecule has 2 aromatic rings. The molecular formula is C32H44. The Morgan fingerprint density at radius 2 is 1.25 bits per heavy atom. The first-order valence-corrected chi connectivity index (χ1v) is 13.5. The molecule has 0 aromatic heterocycles. The third-order valence-corrected chi connectivity index (χ3v) is 7.22. The van der Waals surface area contributed by atoms with Gasteiger partial charge in [0.1, 0.15) is 0 Å². The number of hydrogen-bond acceptors (Lipinski definition) is 0. The molecule has 1 saturated carbocycles. The molecule has 0 amide bonds. The van der Waals surface area contributed by atoms with Crippen LogP contribution in [0.15, 0.2) is 48.5 Å². The van der Waals surface area contributed by atoms with Gasteiger partial charge in [0.2, 0.25) is 0 Å². The van der Waals surface area contributed by atoms with Gasteiger partial charge in [0.25, 0.3) is 0 Å². The summed E-state index contributed by atoms with van der Waals surface area (Å²) >= 11 is 0. The first-order valence-electron chi connectivity index (χ1n) is 13.5. The maximum absolute atomic E-state index is 3.58. The van der Waals surface area contributed by atoms with Crippen LogP contribution >= 0.6 is 0 Å². The average molecular weight is 429 g/mol. The van der Waals surface area contributed by atoms with E-state index in [-0.39, 0.29) is 0 Å². The van der Waals surface area contributed by atoms with Gasteiger partial charge in [0.15, 0.2) is 0 Å². The van der Waals surface area contributed by atoms with Gasteiger partial charge in [-0.3, -0.25) is 0 Å². The topological polar surface area (TPSA) is 0 Å². The van der Waals surface area contributed by atoms with E-state index >= 15 is 0 Å². The highest BCUT2D eigenvalue weighted by atomic mass is 14.2. The lowest BCUT2D eigenvalue weighted by Crippen LogP contribution is -2.13. The smallest absolute Gasteiger partial charge is 0.0245 e. The van der Waals surface area contributed by atoms with Gasteiger partial charge in [-0.05, 0) is 73.3 Å². The van der Waals surface area contributed by atoms with Crippen LogP contribution < -0.4 is 0 Å². The second-order valence-corrected chi connectivity index (χ2v) is 9.92. The molecule has 32 heavy (non-hydrogen) atoms. The molecule has 1 aliphatic carbocycles. The van der Waals surface area contributed by atoms with Crippen LogP contribution in [0.2, 0.25) is 0 Å². The molecule has 0 spiro atoms. The molecular weight excluding hydrogens is 384 g/mol. The molecule has 0 aliphatic heterocycles. The molecule has 0 heterocycles. The standard InChI is InChI=1S/C32H44/c1-3-5-7-9-11-27-13-15-29(16-14-27)17-18-30-21-25-32(26-22-30)31-23-19-28(20-24-31)12-10-8-6-4-2/h19-27,29H,3-16H2,1-2H3. The van der Waals surface area contributed by atoms with E-state index in [0.29, 0.717) is 5.92 Å². The molecule has 3 rings (SSSR count). The molecule has 0 bridgehead atoms. The van der Waals surface area contributed by atoms with Crippen LogP contribution in [0.3, 0.4) is 0 Å². The largest absolute Gasteiger partial charge is 0.0945 e. The van der Waals surface area contributed by atoms with Crippen LogP contribution in [0.4, 0.5) is 0 Å². The summed E-state index contributed by atoms with van der Waals surface area (Å²) in [5.74, 6) is 8.61. The van der Waals surface area contributed by atoms with E-state index in [0.717, 1.165) is 11.5 Å². The van der Waals surface area contributed by atoms with Crippen LogP contribution in [-0.4, -0.2) is 0 Å². The van der Waals surface area contributed by atoms with E-state index in [2.05, 4.69) is 74.2 Å². The van der Waals surface area contributed by atoms with Crippen molar-refractivity contribution in [2.24, 2.45) is 11.8 Å². The van der Waals surface area contributed by atoms with Crippen molar-refractivity contribution in [3.63, 3.8) is 0 Å². The summed E-state index contributed by atoms with van der Waals surface area (Å²) in [5.41, 5.74) is 5.21. The van der Waals surface area contributed by atoms with E-state index in [1.54, 1.807) is 0 Å². The normalized spacial score (nSPS) is 18.2. The lowest BCUT2D eigenvalue weighted by molar-refractivity contribution is 0.294. The molecule has 172 valence electrons. The molecule has 1 aliphatic rings. The predicted octanol–water partition coefficient (Wildman–Crippen LogP) is 9.60. The molecule has 0 unspecified atom stereocenters. The van der Waals surface area contributed by atoms with Crippen molar-refractivity contribution in [3.8, 4) is 23.0 Å². The lowest BCUT2D eigenvalue weighted by atomic mass is 9.80. The summed E-state index contributed by atoms with van der Waals surface area (Å²) in [6.45, 7) is 4.57. The SMILES string of the molecule is CCCCCCc1ccc(-c2ccc(C#CC3CCC(CCCCCC)CC3)cc2)cc1. The summed E-state index contributed by atoms with van der Waals surface area (Å²) < 4.78 is 0. The second-order valence-electron chi connectivity index (χ2n) is 9.92. The predicted molar refractivity (Wildman–Crippen MR) is 141 cm³/mol. The number of unbranched alkanes of at least 4 members (excludes halogenated alkanes) is 6. The molecule has 0 radical (unpaired) electrons. The summed E-state index contributed by atoms with van der Waals surface area (Å²) in [6, 6.07) is 18.0. The molecule has 0 saturated heterocycles. The fourth-order valence-corrected chi connectivity index (χ4v) is 5.01. The van der Waals surface area contributed by atoms with Crippen molar-refractivity contribution in [2.75, 3.05) is 0 Å². The highest BCUT2D eigenvalue weighted by Crippen LogP contribution is 2.32. The van der Waals surface area contributed by atoms with Gasteiger partial charge in [-0.15, -0.1) is 0 Å². The van der Waals surface area contributed by atoms with Crippen LogP contribution in [0.1, 0.15) is 108 Å². The van der Waals surface area contributed by atoms with Crippen LogP contribution in [-0.2, 0) is 6.42 Å². The Balaban J connectivity index is 1.44. The number of benzene rings is 2. The Morgan fingerprint density at radius 3 is 1.88 bits per heavy atom. The van der Waals surface area contributed by atoms with E-state index < -0.39 is 0 Å². The maximum atomic E-state index is 3.58. The van der Waals surface area contributed by atoms with E-state index in [1.807, 2.05) is 0 Å². The van der Waals surface area contributed by atoms with Crippen LogP contribution in [0.5, 0.6) is 0 Å². The monoisotopic (exact) mass is 428 g/mol. The van der Waals surface area contributed by atoms with Gasteiger partial charge < -0.3 is 0 Å². The first kappa shape index (κ1) is 24.6. The first-order chi connectivity index (χ1) is 15.8. The summed E-state index contributed by atoms with van der Waals surface area (Å²) in [6.07, 6.45) is 18.9. The van der Waals surface area contributed by atoms with Crippen molar-refractivity contribution >= 4 is 0 Å². The molecule has 0 atom stereocenters. The molecule has 0 heteroatoms. The molecule has 2 aromatic carbocycles. The van der Waals surface area contributed by atoms with Crippen molar-refractivity contribution in [3.05, 3.63) is 59.7 Å². The number of aryl methyl sites for hydroxylation is 1. The summed E-state index contributed by atoms with van der Waals surface area (Å²) in [4.78, 5) is 0. The van der Waals surface area contributed by atoms with Crippen LogP contribution in [0.25, 0.3) is 11.1 Å². The third kappa shape index (κ3) is 8.50. The zero-order chi connectivity index (χ0) is 22.4. The Hall–Kier alpha value is -2.00.